The van der Waals surface area contributed by atoms with E-state index in [4.69, 9.17) is 28.3 Å². The van der Waals surface area contributed by atoms with Crippen molar-refractivity contribution in [2.24, 2.45) is 35.5 Å². The van der Waals surface area contributed by atoms with Crippen LogP contribution in [0.3, 0.4) is 0 Å². The molecule has 1 saturated heterocycles. The molecule has 5 aromatic rings. The maximum absolute atomic E-state index is 15.0. The summed E-state index contributed by atoms with van der Waals surface area (Å²) >= 11 is 0. The first kappa shape index (κ1) is 60.2. The van der Waals surface area contributed by atoms with Crippen molar-refractivity contribution in [3.63, 3.8) is 0 Å². The Labute approximate surface area is 473 Å². The summed E-state index contributed by atoms with van der Waals surface area (Å²) in [6.07, 6.45) is 7.10. The second kappa shape index (κ2) is 25.1. The lowest BCUT2D eigenvalue weighted by Crippen LogP contribution is -2.47. The van der Waals surface area contributed by atoms with Crippen LogP contribution in [0.5, 0.6) is 17.2 Å². The molecular weight excluding hydrogens is 1060 g/mol. The van der Waals surface area contributed by atoms with Crippen LogP contribution in [0.4, 0.5) is 11.4 Å². The second-order valence-corrected chi connectivity index (χ2v) is 22.1. The van der Waals surface area contributed by atoms with Crippen LogP contribution >= 0.6 is 0 Å². The number of phenolic OH excluding ortho intramolecular Hbond substituents is 1. The number of Topliss-reactive ketones (excluding diaryl/α,β-unsaturated/α-hetero) is 1. The largest absolute Gasteiger partial charge is 0.507 e. The number of carbonyl (C=O) groups is 5. The number of carbonyl (C=O) groups excluding carboxylic acids is 5. The molecule has 5 bridgehead atoms. The molecule has 1 amide bonds. The molecule has 436 valence electrons. The van der Waals surface area contributed by atoms with Crippen LogP contribution in [-0.4, -0.2) is 124 Å². The van der Waals surface area contributed by atoms with Gasteiger partial charge < -0.3 is 63.6 Å². The van der Waals surface area contributed by atoms with E-state index in [0.29, 0.717) is 81.7 Å². The molecule has 5 heterocycles. The van der Waals surface area contributed by atoms with Crippen molar-refractivity contribution in [3.05, 3.63) is 109 Å². The molecule has 20 nitrogen and oxygen atoms in total. The fraction of sp³-hybridized carbons (Fsp3) is 0.452. The van der Waals surface area contributed by atoms with Crippen molar-refractivity contribution in [2.75, 3.05) is 49.5 Å². The Morgan fingerprint density at radius 3 is 2.26 bits per heavy atom. The molecule has 0 aliphatic carbocycles. The van der Waals surface area contributed by atoms with Gasteiger partial charge in [0.05, 0.1) is 41.6 Å². The minimum Gasteiger partial charge on any atom is -0.507 e. The lowest BCUT2D eigenvalue weighted by Gasteiger charge is -2.37. The second-order valence-electron chi connectivity index (χ2n) is 22.1. The summed E-state index contributed by atoms with van der Waals surface area (Å²) in [7, 11) is 0. The Morgan fingerprint density at radius 2 is 1.59 bits per heavy atom. The molecule has 4 aliphatic heterocycles. The Morgan fingerprint density at radius 1 is 0.890 bits per heavy atom. The summed E-state index contributed by atoms with van der Waals surface area (Å²) < 4.78 is 30.6. The fourth-order valence-electron chi connectivity index (χ4n) is 11.0. The number of ketones is 1. The molecule has 0 unspecified atom stereocenters. The number of nitrogens with zero attached hydrogens (tertiary/aromatic N) is 3. The van der Waals surface area contributed by atoms with Gasteiger partial charge in [-0.2, -0.15) is 0 Å². The van der Waals surface area contributed by atoms with Gasteiger partial charge in [-0.3, -0.25) is 28.9 Å². The number of esters is 1. The molecule has 82 heavy (non-hydrogen) atoms. The third kappa shape index (κ3) is 12.3. The standard InChI is InChI=1S/C62H72N4O16/c1-32-20-27-79-62(9)60(76)49-47-48(55(74)38(7)58(49)82-62)56(75)52(64-61(77)34(3)13-10-12-33(2)53(72)36(5)54(73)37(6)57(35(32)4)80-39(8)69)59-51(47)63-50-45(71)28-42(29-46(50)81-59)66-24-22-65(23-25-66)21-19-44(70)41-15-17-43(18-16-41)78-26-11-14-40(30-67)31-68/h10,12-13,15-18,20,27-33,35-37,40,53-54,57,72-74,76H,11,14,19,21-26H2,1-9H3,(H,64,77)/b12-10+,27-20+,34-13-/t32-,33-,35+,36+,37+,53-,54+,57+,62-/m0/s1. The first-order valence-electron chi connectivity index (χ1n) is 27.7. The fourth-order valence-corrected chi connectivity index (χ4v) is 11.0. The van der Waals surface area contributed by atoms with Crippen LogP contribution in [0.15, 0.2) is 86.5 Å². The smallest absolute Gasteiger partial charge is 0.307 e. The molecule has 0 spiro atoms. The maximum atomic E-state index is 15.0. The number of phenols is 1. The summed E-state index contributed by atoms with van der Waals surface area (Å²) in [5.41, 5.74) is -1.31. The van der Waals surface area contributed by atoms with Gasteiger partial charge in [-0.1, -0.05) is 52.8 Å². The van der Waals surface area contributed by atoms with Crippen molar-refractivity contribution >= 4 is 80.3 Å². The van der Waals surface area contributed by atoms with E-state index in [1.54, 1.807) is 69.3 Å². The number of aromatic hydroxyl groups is 1. The summed E-state index contributed by atoms with van der Waals surface area (Å²) in [6.45, 7) is 17.5. The molecule has 1 aromatic heterocycles. The van der Waals surface area contributed by atoms with Crippen LogP contribution in [0.1, 0.15) is 90.6 Å². The Kier molecular flexibility index (Phi) is 18.4. The van der Waals surface area contributed by atoms with Crippen LogP contribution in [-0.2, 0) is 28.7 Å². The maximum Gasteiger partial charge on any atom is 0.307 e. The predicted molar refractivity (Wildman–Crippen MR) is 308 cm³/mol. The highest BCUT2D eigenvalue weighted by Crippen LogP contribution is 2.42. The summed E-state index contributed by atoms with van der Waals surface area (Å²) in [5.74, 6) is -7.23. The number of aliphatic hydroxyl groups excluding tert-OH is 3. The molecule has 5 N–H and O–H groups in total. The highest BCUT2D eigenvalue weighted by atomic mass is 16.7. The predicted octanol–water partition coefficient (Wildman–Crippen LogP) is 6.75. The van der Waals surface area contributed by atoms with Crippen molar-refractivity contribution in [3.8, 4) is 17.2 Å². The average Bonchev–Trinajstić information content (AvgIpc) is 3.95. The number of anilines is 2. The Hall–Kier alpha value is -7.94. The minimum absolute atomic E-state index is 0.0298. The monoisotopic (exact) mass is 1130 g/mol. The van der Waals surface area contributed by atoms with Gasteiger partial charge in [0, 0.05) is 111 Å². The number of hydrogen-bond donors (Lipinski definition) is 5. The van der Waals surface area contributed by atoms with Crippen molar-refractivity contribution < 1.29 is 67.8 Å². The molecule has 4 aromatic carbocycles. The molecule has 9 atom stereocenters. The Bertz CT molecular complexity index is 3560. The van der Waals surface area contributed by atoms with E-state index in [1.165, 1.54) is 46.1 Å². The summed E-state index contributed by atoms with van der Waals surface area (Å²) in [5, 5.41) is 49.4. The molecule has 0 saturated carbocycles. The number of aliphatic hydroxyl groups is 3. The van der Waals surface area contributed by atoms with E-state index in [2.05, 4.69) is 10.2 Å². The number of amides is 1. The summed E-state index contributed by atoms with van der Waals surface area (Å²) in [6, 6.07) is 9.86. The van der Waals surface area contributed by atoms with Crippen molar-refractivity contribution in [2.45, 2.75) is 106 Å². The van der Waals surface area contributed by atoms with E-state index in [1.807, 2.05) is 18.7 Å². The van der Waals surface area contributed by atoms with Gasteiger partial charge in [-0.05, 0) is 68.9 Å². The minimum atomic E-state index is -1.97. The van der Waals surface area contributed by atoms with Crippen LogP contribution in [0, 0.1) is 42.4 Å². The number of hydrogen-bond acceptors (Lipinski definition) is 19. The number of fused-ring (bicyclic) bond motifs is 14. The van der Waals surface area contributed by atoms with Gasteiger partial charge in [0.1, 0.15) is 47.1 Å². The first-order valence-corrected chi connectivity index (χ1v) is 27.7. The quantitative estimate of drug-likeness (QED) is 0.0155. The number of rotatable bonds is 13. The Balaban J connectivity index is 1.13. The lowest BCUT2D eigenvalue weighted by molar-refractivity contribution is -0.158. The van der Waals surface area contributed by atoms with Crippen molar-refractivity contribution in [1.82, 2.24) is 9.88 Å². The van der Waals surface area contributed by atoms with E-state index < -0.39 is 93.6 Å². The molecule has 9 rings (SSSR count). The molecule has 0 radical (unpaired) electrons. The van der Waals surface area contributed by atoms with Gasteiger partial charge in [0.2, 0.25) is 10.9 Å². The van der Waals surface area contributed by atoms with E-state index >= 15 is 4.79 Å². The van der Waals surface area contributed by atoms with Gasteiger partial charge in [0.25, 0.3) is 5.91 Å². The normalized spacial score (nSPS) is 26.2. The average molecular weight is 1130 g/mol. The van der Waals surface area contributed by atoms with Crippen LogP contribution in [0.2, 0.25) is 0 Å². The number of aromatic nitrogens is 1. The SMILES string of the molecule is CC(=O)O[C@H]1[C@H](C)[C@H](O)[C@H](C)[C@@H](O)[C@@H](C)/C=C/C=C(/C)C(=O)Nc2c(=O)c3c(O)c(C)c4c(c3c3nc5c(=O)cc(N6CCN(CCC(=O)c7ccc(OCCCC(C=O)C=O)cc7)CC6)cc5oc23)=C(O)[C@@](C)(O/C=C/[C@H](C)[C@H]1C)O4. The zero-order chi connectivity index (χ0) is 59.5. The third-order valence-corrected chi connectivity index (χ3v) is 16.4. The zero-order valence-electron chi connectivity index (χ0n) is 47.6. The van der Waals surface area contributed by atoms with Crippen LogP contribution in [0.25, 0.3) is 38.7 Å². The topological polar surface area (TPSA) is 282 Å². The zero-order valence-corrected chi connectivity index (χ0v) is 47.6. The van der Waals surface area contributed by atoms with E-state index in [-0.39, 0.29) is 73.2 Å². The number of allylic oxidation sites excluding steroid dienone is 3. The number of aldehydes is 2. The number of nitrogens with one attached hydrogen (secondary N) is 1. The van der Waals surface area contributed by atoms with Gasteiger partial charge in [0.15, 0.2) is 28.2 Å². The first-order chi connectivity index (χ1) is 39.0. The molecular formula is C62H72N4O16. The molecule has 20 heteroatoms. The highest BCUT2D eigenvalue weighted by Gasteiger charge is 2.44. The molecule has 4 aliphatic rings. The van der Waals surface area contributed by atoms with Gasteiger partial charge in [-0.15, -0.1) is 0 Å². The number of benzene rings is 4. The third-order valence-electron chi connectivity index (χ3n) is 16.4. The highest BCUT2D eigenvalue weighted by molar-refractivity contribution is 6.17. The van der Waals surface area contributed by atoms with E-state index in [9.17, 15) is 49.2 Å². The van der Waals surface area contributed by atoms with Gasteiger partial charge >= 0.3 is 11.8 Å². The van der Waals surface area contributed by atoms with E-state index in [0.717, 1.165) is 0 Å². The van der Waals surface area contributed by atoms with Crippen LogP contribution < -0.4 is 35.8 Å². The number of piperazine rings is 1. The molecule has 1 fully saturated rings. The summed E-state index contributed by atoms with van der Waals surface area (Å²) in [4.78, 5) is 99.9. The van der Waals surface area contributed by atoms with Crippen molar-refractivity contribution in [1.29, 1.82) is 0 Å². The lowest BCUT2D eigenvalue weighted by atomic mass is 9.77. The van der Waals surface area contributed by atoms with Gasteiger partial charge in [-0.25, -0.2) is 4.98 Å². The number of ether oxygens (including phenoxy) is 4.